The predicted octanol–water partition coefficient (Wildman–Crippen LogP) is 3.38. The average Bonchev–Trinajstić information content (AvgIpc) is 2.45. The molecule has 1 aliphatic heterocycles. The number of hydrogen-bond acceptors (Lipinski definition) is 3. The van der Waals surface area contributed by atoms with Crippen molar-refractivity contribution in [2.45, 2.75) is 13.5 Å². The smallest absolute Gasteiger partial charge is 0.163 e. The first-order valence-corrected chi connectivity index (χ1v) is 6.50. The fraction of sp³-hybridized carbons (Fsp3) is 0.250. The number of nitrogens with one attached hydrogen (secondary N) is 1. The summed E-state index contributed by atoms with van der Waals surface area (Å²) in [6, 6.07) is 14.5. The van der Waals surface area contributed by atoms with Crippen LogP contribution in [0.15, 0.2) is 42.5 Å². The first kappa shape index (κ1) is 11.9. The Bertz CT molecular complexity index is 581. The Morgan fingerprint density at radius 3 is 2.68 bits per heavy atom. The number of rotatable bonds is 3. The summed E-state index contributed by atoms with van der Waals surface area (Å²) < 4.78 is 11.1. The van der Waals surface area contributed by atoms with Crippen molar-refractivity contribution in [3.8, 4) is 11.5 Å². The molecule has 0 aromatic heterocycles. The number of benzene rings is 2. The van der Waals surface area contributed by atoms with E-state index in [1.54, 1.807) is 0 Å². The Balaban J connectivity index is 1.70. The van der Waals surface area contributed by atoms with Crippen LogP contribution >= 0.6 is 0 Å². The molecule has 0 bridgehead atoms. The van der Waals surface area contributed by atoms with E-state index in [0.29, 0.717) is 13.2 Å². The molecule has 0 radical (unpaired) electrons. The lowest BCUT2D eigenvalue weighted by Crippen LogP contribution is -2.15. The van der Waals surface area contributed by atoms with Crippen molar-refractivity contribution in [1.82, 2.24) is 0 Å². The van der Waals surface area contributed by atoms with Crippen molar-refractivity contribution < 1.29 is 9.47 Å². The zero-order valence-electron chi connectivity index (χ0n) is 11.0. The third-order valence-corrected chi connectivity index (χ3v) is 3.12. The molecular weight excluding hydrogens is 238 g/mol. The van der Waals surface area contributed by atoms with Crippen LogP contribution in [0.5, 0.6) is 11.5 Å². The highest BCUT2D eigenvalue weighted by Gasteiger charge is 2.11. The minimum absolute atomic E-state index is 0.619. The van der Waals surface area contributed by atoms with Crippen LogP contribution in [0.3, 0.4) is 0 Å². The topological polar surface area (TPSA) is 30.5 Å². The van der Waals surface area contributed by atoms with Crippen LogP contribution in [-0.2, 0) is 6.54 Å². The van der Waals surface area contributed by atoms with Crippen molar-refractivity contribution >= 4 is 5.69 Å². The molecule has 3 nitrogen and oxygen atoms in total. The van der Waals surface area contributed by atoms with Crippen molar-refractivity contribution in [3.05, 3.63) is 53.6 Å². The second-order valence-electron chi connectivity index (χ2n) is 4.70. The molecule has 0 unspecified atom stereocenters. The van der Waals surface area contributed by atoms with E-state index in [-0.39, 0.29) is 0 Å². The van der Waals surface area contributed by atoms with Gasteiger partial charge in [0.2, 0.25) is 0 Å². The molecular formula is C16H17NO2. The SMILES string of the molecule is Cc1cccc(CNc2ccc3c(c2)OCCO3)c1. The molecule has 0 saturated carbocycles. The summed E-state index contributed by atoms with van der Waals surface area (Å²) in [7, 11) is 0. The second-order valence-corrected chi connectivity index (χ2v) is 4.70. The van der Waals surface area contributed by atoms with Crippen LogP contribution in [0.2, 0.25) is 0 Å². The van der Waals surface area contributed by atoms with Gasteiger partial charge >= 0.3 is 0 Å². The molecule has 1 N–H and O–H groups in total. The van der Waals surface area contributed by atoms with Crippen molar-refractivity contribution in [3.63, 3.8) is 0 Å². The minimum Gasteiger partial charge on any atom is -0.486 e. The lowest BCUT2D eigenvalue weighted by atomic mass is 10.1. The van der Waals surface area contributed by atoms with Gasteiger partial charge in [0.15, 0.2) is 11.5 Å². The summed E-state index contributed by atoms with van der Waals surface area (Å²) in [6.45, 7) is 4.16. The van der Waals surface area contributed by atoms with Crippen molar-refractivity contribution in [2.75, 3.05) is 18.5 Å². The van der Waals surface area contributed by atoms with E-state index in [0.717, 1.165) is 23.7 Å². The molecule has 2 aromatic carbocycles. The Labute approximate surface area is 113 Å². The van der Waals surface area contributed by atoms with Gasteiger partial charge in [0.25, 0.3) is 0 Å². The summed E-state index contributed by atoms with van der Waals surface area (Å²) in [5.74, 6) is 1.65. The summed E-state index contributed by atoms with van der Waals surface area (Å²) in [5.41, 5.74) is 3.60. The molecule has 0 atom stereocenters. The molecule has 0 amide bonds. The first-order valence-electron chi connectivity index (χ1n) is 6.50. The van der Waals surface area contributed by atoms with Crippen molar-refractivity contribution in [1.29, 1.82) is 0 Å². The highest BCUT2D eigenvalue weighted by atomic mass is 16.6. The fourth-order valence-electron chi connectivity index (χ4n) is 2.18. The van der Waals surface area contributed by atoms with Crippen LogP contribution in [0, 0.1) is 6.92 Å². The van der Waals surface area contributed by atoms with Crippen LogP contribution in [0.4, 0.5) is 5.69 Å². The number of aryl methyl sites for hydroxylation is 1. The first-order chi connectivity index (χ1) is 9.31. The van der Waals surface area contributed by atoms with Crippen LogP contribution in [-0.4, -0.2) is 13.2 Å². The zero-order valence-corrected chi connectivity index (χ0v) is 11.0. The maximum Gasteiger partial charge on any atom is 0.163 e. The molecule has 19 heavy (non-hydrogen) atoms. The number of ether oxygens (including phenoxy) is 2. The van der Waals surface area contributed by atoms with Gasteiger partial charge in [-0.1, -0.05) is 29.8 Å². The van der Waals surface area contributed by atoms with E-state index in [2.05, 4.69) is 36.5 Å². The van der Waals surface area contributed by atoms with E-state index in [1.807, 2.05) is 18.2 Å². The van der Waals surface area contributed by atoms with Crippen molar-refractivity contribution in [2.24, 2.45) is 0 Å². The van der Waals surface area contributed by atoms with Gasteiger partial charge < -0.3 is 14.8 Å². The lowest BCUT2D eigenvalue weighted by Gasteiger charge is -2.19. The Hall–Kier alpha value is -2.16. The van der Waals surface area contributed by atoms with Crippen LogP contribution < -0.4 is 14.8 Å². The highest BCUT2D eigenvalue weighted by Crippen LogP contribution is 2.32. The molecule has 1 heterocycles. The Morgan fingerprint density at radius 2 is 1.84 bits per heavy atom. The molecule has 3 heteroatoms. The Morgan fingerprint density at radius 1 is 1.00 bits per heavy atom. The lowest BCUT2D eigenvalue weighted by molar-refractivity contribution is 0.171. The molecule has 2 aromatic rings. The van der Waals surface area contributed by atoms with E-state index in [1.165, 1.54) is 11.1 Å². The normalized spacial score (nSPS) is 13.1. The second kappa shape index (κ2) is 5.22. The average molecular weight is 255 g/mol. The van der Waals surface area contributed by atoms with Gasteiger partial charge in [-0.05, 0) is 24.6 Å². The number of anilines is 1. The summed E-state index contributed by atoms with van der Waals surface area (Å²) >= 11 is 0. The van der Waals surface area contributed by atoms with Gasteiger partial charge in [0, 0.05) is 18.3 Å². The van der Waals surface area contributed by atoms with Gasteiger partial charge in [-0.2, -0.15) is 0 Å². The van der Waals surface area contributed by atoms with Gasteiger partial charge in [0.1, 0.15) is 13.2 Å². The number of hydrogen-bond donors (Lipinski definition) is 1. The quantitative estimate of drug-likeness (QED) is 0.912. The molecule has 0 saturated heterocycles. The van der Waals surface area contributed by atoms with E-state index in [9.17, 15) is 0 Å². The largest absolute Gasteiger partial charge is 0.486 e. The van der Waals surface area contributed by atoms with Crippen LogP contribution in [0.25, 0.3) is 0 Å². The zero-order chi connectivity index (χ0) is 13.1. The summed E-state index contributed by atoms with van der Waals surface area (Å²) in [6.07, 6.45) is 0. The monoisotopic (exact) mass is 255 g/mol. The predicted molar refractivity (Wildman–Crippen MR) is 75.9 cm³/mol. The standard InChI is InChI=1S/C16H17NO2/c1-12-3-2-4-13(9-12)11-17-14-5-6-15-16(10-14)19-8-7-18-15/h2-6,9-10,17H,7-8,11H2,1H3. The molecule has 98 valence electrons. The van der Waals surface area contributed by atoms with E-state index in [4.69, 9.17) is 9.47 Å². The molecule has 0 aliphatic carbocycles. The van der Waals surface area contributed by atoms with E-state index < -0.39 is 0 Å². The molecule has 1 aliphatic rings. The third kappa shape index (κ3) is 2.81. The minimum atomic E-state index is 0.619. The summed E-state index contributed by atoms with van der Waals surface area (Å²) in [4.78, 5) is 0. The highest BCUT2D eigenvalue weighted by molar-refractivity contribution is 5.55. The third-order valence-electron chi connectivity index (χ3n) is 3.12. The summed E-state index contributed by atoms with van der Waals surface area (Å²) in [5, 5.41) is 3.40. The molecule has 3 rings (SSSR count). The molecule has 0 spiro atoms. The van der Waals surface area contributed by atoms with Gasteiger partial charge in [0.05, 0.1) is 0 Å². The van der Waals surface area contributed by atoms with E-state index >= 15 is 0 Å². The van der Waals surface area contributed by atoms with Crippen LogP contribution in [0.1, 0.15) is 11.1 Å². The maximum absolute atomic E-state index is 5.57. The maximum atomic E-state index is 5.57. The van der Waals surface area contributed by atoms with Gasteiger partial charge in [-0.15, -0.1) is 0 Å². The van der Waals surface area contributed by atoms with Gasteiger partial charge in [-0.3, -0.25) is 0 Å². The fourth-order valence-corrected chi connectivity index (χ4v) is 2.18. The Kier molecular flexibility index (Phi) is 3.27. The number of fused-ring (bicyclic) bond motifs is 1. The molecule has 0 fully saturated rings. The van der Waals surface area contributed by atoms with Gasteiger partial charge in [-0.25, -0.2) is 0 Å².